The predicted octanol–water partition coefficient (Wildman–Crippen LogP) is 4.03. The summed E-state index contributed by atoms with van der Waals surface area (Å²) in [6.07, 6.45) is 8.53. The van der Waals surface area contributed by atoms with Crippen molar-refractivity contribution in [2.75, 3.05) is 0 Å². The zero-order chi connectivity index (χ0) is 17.2. The second kappa shape index (κ2) is 10.5. The van der Waals surface area contributed by atoms with Crippen LogP contribution in [0.3, 0.4) is 0 Å². The maximum Gasteiger partial charge on any atom is 0.115 e. The third kappa shape index (κ3) is 8.19. The molecule has 0 aromatic heterocycles. The fourth-order valence-electron chi connectivity index (χ4n) is 2.73. The Morgan fingerprint density at radius 2 is 1.83 bits per heavy atom. The molecule has 0 spiro atoms. The lowest BCUT2D eigenvalue weighted by Gasteiger charge is -2.18. The standard InChI is InChI=1S/C20H33NO2/c1-4-15(2)13-16(3)7-5-6-8-20(23)19(21)14-17-9-11-18(22)12-10-17/h5,7,9-12,15-16,19-20,22-23H,4,6,8,13-14,21H2,1-3H3. The highest BCUT2D eigenvalue weighted by Crippen LogP contribution is 2.17. The van der Waals surface area contributed by atoms with Gasteiger partial charge < -0.3 is 15.9 Å². The summed E-state index contributed by atoms with van der Waals surface area (Å²) in [6, 6.07) is 6.72. The highest BCUT2D eigenvalue weighted by atomic mass is 16.3. The van der Waals surface area contributed by atoms with E-state index in [9.17, 15) is 10.2 Å². The smallest absolute Gasteiger partial charge is 0.115 e. The van der Waals surface area contributed by atoms with Crippen LogP contribution in [0.15, 0.2) is 36.4 Å². The predicted molar refractivity (Wildman–Crippen MR) is 97.4 cm³/mol. The Kier molecular flexibility index (Phi) is 8.97. The lowest BCUT2D eigenvalue weighted by molar-refractivity contribution is 0.135. The molecule has 0 heterocycles. The van der Waals surface area contributed by atoms with E-state index in [-0.39, 0.29) is 11.8 Å². The summed E-state index contributed by atoms with van der Waals surface area (Å²) in [7, 11) is 0. The molecule has 3 nitrogen and oxygen atoms in total. The molecular formula is C20H33NO2. The van der Waals surface area contributed by atoms with Crippen LogP contribution in [0.5, 0.6) is 5.75 Å². The summed E-state index contributed by atoms with van der Waals surface area (Å²) in [5, 5.41) is 19.4. The fraction of sp³-hybridized carbons (Fsp3) is 0.600. The second-order valence-corrected chi connectivity index (χ2v) is 6.83. The minimum Gasteiger partial charge on any atom is -0.508 e. The molecule has 0 saturated carbocycles. The normalized spacial score (nSPS) is 17.1. The molecule has 0 fully saturated rings. The Morgan fingerprint density at radius 1 is 1.17 bits per heavy atom. The van der Waals surface area contributed by atoms with Crippen LogP contribution in [0.25, 0.3) is 0 Å². The van der Waals surface area contributed by atoms with Crippen LogP contribution in [0, 0.1) is 11.8 Å². The molecule has 3 heteroatoms. The van der Waals surface area contributed by atoms with Gasteiger partial charge in [-0.1, -0.05) is 51.5 Å². The molecular weight excluding hydrogens is 286 g/mol. The van der Waals surface area contributed by atoms with Crippen molar-refractivity contribution in [3.05, 3.63) is 42.0 Å². The van der Waals surface area contributed by atoms with Crippen LogP contribution in [-0.4, -0.2) is 22.4 Å². The van der Waals surface area contributed by atoms with Gasteiger partial charge in [-0.05, 0) is 55.2 Å². The van der Waals surface area contributed by atoms with Crippen molar-refractivity contribution in [1.29, 1.82) is 0 Å². The van der Waals surface area contributed by atoms with Crippen molar-refractivity contribution in [3.63, 3.8) is 0 Å². The van der Waals surface area contributed by atoms with Crippen LogP contribution in [0.1, 0.15) is 52.0 Å². The van der Waals surface area contributed by atoms with E-state index >= 15 is 0 Å². The van der Waals surface area contributed by atoms with Gasteiger partial charge >= 0.3 is 0 Å². The number of allylic oxidation sites excluding steroid dienone is 2. The Hall–Kier alpha value is -1.32. The summed E-state index contributed by atoms with van der Waals surface area (Å²) < 4.78 is 0. The van der Waals surface area contributed by atoms with Crippen molar-refractivity contribution < 1.29 is 10.2 Å². The number of hydrogen-bond donors (Lipinski definition) is 3. The first-order valence-electron chi connectivity index (χ1n) is 8.80. The summed E-state index contributed by atoms with van der Waals surface area (Å²) in [6.45, 7) is 6.76. The highest BCUT2D eigenvalue weighted by Gasteiger charge is 2.14. The monoisotopic (exact) mass is 319 g/mol. The van der Waals surface area contributed by atoms with Gasteiger partial charge in [-0.25, -0.2) is 0 Å². The maximum absolute atomic E-state index is 10.2. The van der Waals surface area contributed by atoms with Crippen LogP contribution < -0.4 is 5.73 Å². The molecule has 0 aliphatic carbocycles. The van der Waals surface area contributed by atoms with Crippen molar-refractivity contribution >= 4 is 0 Å². The van der Waals surface area contributed by atoms with Crippen LogP contribution >= 0.6 is 0 Å². The Bertz CT molecular complexity index is 455. The number of rotatable bonds is 10. The first-order chi connectivity index (χ1) is 10.9. The second-order valence-electron chi connectivity index (χ2n) is 6.83. The average Bonchev–Trinajstić information content (AvgIpc) is 2.53. The van der Waals surface area contributed by atoms with E-state index in [1.54, 1.807) is 12.1 Å². The molecule has 0 saturated heterocycles. The molecule has 0 bridgehead atoms. The molecule has 1 rings (SSSR count). The molecule has 4 N–H and O–H groups in total. The molecule has 0 aliphatic heterocycles. The number of aromatic hydroxyl groups is 1. The van der Waals surface area contributed by atoms with Gasteiger partial charge in [0.1, 0.15) is 5.75 Å². The number of aliphatic hydroxyl groups is 1. The lowest BCUT2D eigenvalue weighted by Crippen LogP contribution is -2.36. The summed E-state index contributed by atoms with van der Waals surface area (Å²) in [5.74, 6) is 1.60. The minimum absolute atomic E-state index is 0.250. The van der Waals surface area contributed by atoms with Gasteiger partial charge in [0, 0.05) is 6.04 Å². The molecule has 4 unspecified atom stereocenters. The highest BCUT2D eigenvalue weighted by molar-refractivity contribution is 5.26. The molecule has 23 heavy (non-hydrogen) atoms. The van der Waals surface area contributed by atoms with Gasteiger partial charge in [-0.15, -0.1) is 0 Å². The summed E-state index contributed by atoms with van der Waals surface area (Å²) in [5.41, 5.74) is 7.11. The van der Waals surface area contributed by atoms with Gasteiger partial charge in [0.05, 0.1) is 6.10 Å². The molecule has 0 amide bonds. The lowest BCUT2D eigenvalue weighted by atomic mass is 9.94. The van der Waals surface area contributed by atoms with Crippen molar-refractivity contribution in [3.8, 4) is 5.75 Å². The number of nitrogens with two attached hydrogens (primary N) is 1. The Morgan fingerprint density at radius 3 is 2.43 bits per heavy atom. The van der Waals surface area contributed by atoms with Crippen molar-refractivity contribution in [2.45, 2.75) is 65.0 Å². The summed E-state index contributed by atoms with van der Waals surface area (Å²) in [4.78, 5) is 0. The van der Waals surface area contributed by atoms with Gasteiger partial charge in [-0.3, -0.25) is 0 Å². The molecule has 0 radical (unpaired) electrons. The van der Waals surface area contributed by atoms with Gasteiger partial charge in [0.15, 0.2) is 0 Å². The molecule has 0 aliphatic rings. The number of benzene rings is 1. The molecule has 4 atom stereocenters. The first kappa shape index (κ1) is 19.7. The van der Waals surface area contributed by atoms with E-state index < -0.39 is 6.10 Å². The third-order valence-corrected chi connectivity index (χ3v) is 4.47. The third-order valence-electron chi connectivity index (χ3n) is 4.47. The van der Waals surface area contributed by atoms with E-state index in [1.807, 2.05) is 12.1 Å². The van der Waals surface area contributed by atoms with E-state index in [0.29, 0.717) is 18.8 Å². The molecule has 130 valence electrons. The van der Waals surface area contributed by atoms with E-state index in [4.69, 9.17) is 5.73 Å². The van der Waals surface area contributed by atoms with E-state index in [0.717, 1.165) is 17.9 Å². The van der Waals surface area contributed by atoms with Crippen molar-refractivity contribution in [1.82, 2.24) is 0 Å². The van der Waals surface area contributed by atoms with Gasteiger partial charge in [0.25, 0.3) is 0 Å². The maximum atomic E-state index is 10.2. The van der Waals surface area contributed by atoms with Crippen molar-refractivity contribution in [2.24, 2.45) is 17.6 Å². The van der Waals surface area contributed by atoms with E-state index in [1.165, 1.54) is 12.8 Å². The van der Waals surface area contributed by atoms with Gasteiger partial charge in [0.2, 0.25) is 0 Å². The zero-order valence-corrected chi connectivity index (χ0v) is 14.8. The summed E-state index contributed by atoms with van der Waals surface area (Å²) >= 11 is 0. The SMILES string of the molecule is CCC(C)CC(C)C=CCCC(O)C(N)Cc1ccc(O)cc1. The van der Waals surface area contributed by atoms with Gasteiger partial charge in [-0.2, -0.15) is 0 Å². The quantitative estimate of drug-likeness (QED) is 0.570. The largest absolute Gasteiger partial charge is 0.508 e. The molecule has 1 aromatic carbocycles. The first-order valence-corrected chi connectivity index (χ1v) is 8.80. The zero-order valence-electron chi connectivity index (χ0n) is 14.8. The number of phenols is 1. The topological polar surface area (TPSA) is 66.5 Å². The molecule has 1 aromatic rings. The van der Waals surface area contributed by atoms with Crippen LogP contribution in [-0.2, 0) is 6.42 Å². The number of aliphatic hydroxyl groups excluding tert-OH is 1. The Balaban J connectivity index is 2.29. The van der Waals surface area contributed by atoms with Crippen LogP contribution in [0.2, 0.25) is 0 Å². The average molecular weight is 319 g/mol. The minimum atomic E-state index is -0.502. The number of hydrogen-bond acceptors (Lipinski definition) is 3. The van der Waals surface area contributed by atoms with Crippen LogP contribution in [0.4, 0.5) is 0 Å². The van der Waals surface area contributed by atoms with E-state index in [2.05, 4.69) is 32.9 Å². The number of phenolic OH excluding ortho intramolecular Hbond substituents is 1. The fourth-order valence-corrected chi connectivity index (χ4v) is 2.73. The Labute approximate surface area is 141 Å².